The molecule has 1 aliphatic rings. The monoisotopic (exact) mass is 502 g/mol. The van der Waals surface area contributed by atoms with E-state index in [4.69, 9.17) is 4.98 Å². The molecule has 1 aliphatic heterocycles. The molecule has 2 N–H and O–H groups in total. The van der Waals surface area contributed by atoms with E-state index >= 15 is 0 Å². The molecule has 2 aromatic heterocycles. The van der Waals surface area contributed by atoms with Crippen LogP contribution in [0.3, 0.4) is 0 Å². The quantitative estimate of drug-likeness (QED) is 0.377. The first-order valence-corrected chi connectivity index (χ1v) is 13.2. The van der Waals surface area contributed by atoms with Crippen molar-refractivity contribution in [2.75, 3.05) is 24.5 Å². The van der Waals surface area contributed by atoms with Crippen molar-refractivity contribution < 1.29 is 14.7 Å². The smallest absolute Gasteiger partial charge is 0.277 e. The Labute approximate surface area is 214 Å². The second-order valence-corrected chi connectivity index (χ2v) is 10.2. The Morgan fingerprint density at radius 1 is 1.19 bits per heavy atom. The number of para-hydroxylation sites is 1. The highest BCUT2D eigenvalue weighted by Gasteiger charge is 2.28. The van der Waals surface area contributed by atoms with Crippen LogP contribution >= 0.6 is 11.3 Å². The van der Waals surface area contributed by atoms with Crippen LogP contribution in [0.2, 0.25) is 0 Å². The van der Waals surface area contributed by atoms with Gasteiger partial charge in [-0.25, -0.2) is 4.98 Å². The maximum Gasteiger partial charge on any atom is 0.277 e. The zero-order chi connectivity index (χ0) is 25.2. The molecule has 0 atom stereocenters. The normalized spacial score (nSPS) is 14.3. The van der Waals surface area contributed by atoms with E-state index < -0.39 is 0 Å². The fourth-order valence-corrected chi connectivity index (χ4v) is 5.92. The van der Waals surface area contributed by atoms with E-state index in [0.29, 0.717) is 37.4 Å². The Hall–Kier alpha value is -3.65. The lowest BCUT2D eigenvalue weighted by molar-refractivity contribution is -0.131. The number of aryl methyl sites for hydroxylation is 1. The zero-order valence-electron chi connectivity index (χ0n) is 20.5. The summed E-state index contributed by atoms with van der Waals surface area (Å²) in [6.45, 7) is 5.70. The third-order valence-electron chi connectivity index (χ3n) is 7.00. The molecule has 2 aromatic carbocycles. The standard InChI is InChI=1S/C28H30N4O3S/c1-3-32(25-15-21(33)9-8-18(25)2)28(35)24-17-36-27(30-24)19-10-12-31(13-11-19)26(34)14-20-16-29-23-7-5-4-6-22(20)23/h4-9,15-17,19,29,33H,3,10-14H2,1-2H3. The minimum Gasteiger partial charge on any atom is -0.508 e. The number of aromatic hydroxyl groups is 1. The second kappa shape index (κ2) is 10.1. The molecule has 8 heteroatoms. The number of benzene rings is 2. The van der Waals surface area contributed by atoms with Crippen molar-refractivity contribution in [3.8, 4) is 5.75 Å². The van der Waals surface area contributed by atoms with E-state index in [0.717, 1.165) is 39.9 Å². The van der Waals surface area contributed by atoms with E-state index in [2.05, 4.69) is 4.98 Å². The number of anilines is 1. The van der Waals surface area contributed by atoms with Gasteiger partial charge in [0.05, 0.1) is 17.1 Å². The third-order valence-corrected chi connectivity index (χ3v) is 8.01. The molecule has 0 bridgehead atoms. The molecule has 1 saturated heterocycles. The molecule has 3 heterocycles. The number of carbonyl (C=O) groups excluding carboxylic acids is 2. The van der Waals surface area contributed by atoms with Crippen LogP contribution < -0.4 is 4.90 Å². The average Bonchev–Trinajstić information content (AvgIpc) is 3.55. The molecule has 1 fully saturated rings. The summed E-state index contributed by atoms with van der Waals surface area (Å²) in [6.07, 6.45) is 4.00. The summed E-state index contributed by atoms with van der Waals surface area (Å²) in [6, 6.07) is 13.1. The number of amides is 2. The first-order chi connectivity index (χ1) is 17.4. The number of rotatable bonds is 6. The number of aromatic nitrogens is 2. The summed E-state index contributed by atoms with van der Waals surface area (Å²) < 4.78 is 0. The topological polar surface area (TPSA) is 89.5 Å². The Morgan fingerprint density at radius 2 is 1.97 bits per heavy atom. The van der Waals surface area contributed by atoms with Gasteiger partial charge in [-0.1, -0.05) is 24.3 Å². The first-order valence-electron chi connectivity index (χ1n) is 12.3. The molecule has 0 radical (unpaired) electrons. The number of piperidine rings is 1. The summed E-state index contributed by atoms with van der Waals surface area (Å²) >= 11 is 1.51. The van der Waals surface area contributed by atoms with Crippen LogP contribution in [0.15, 0.2) is 54.0 Å². The van der Waals surface area contributed by atoms with Gasteiger partial charge in [-0.3, -0.25) is 9.59 Å². The Balaban J connectivity index is 1.22. The van der Waals surface area contributed by atoms with Crippen LogP contribution in [0, 0.1) is 6.92 Å². The van der Waals surface area contributed by atoms with Gasteiger partial charge in [-0.15, -0.1) is 11.3 Å². The molecule has 186 valence electrons. The molecule has 36 heavy (non-hydrogen) atoms. The van der Waals surface area contributed by atoms with Crippen molar-refractivity contribution in [2.24, 2.45) is 0 Å². The van der Waals surface area contributed by atoms with E-state index in [1.165, 1.54) is 11.3 Å². The van der Waals surface area contributed by atoms with Crippen LogP contribution in [-0.2, 0) is 11.2 Å². The summed E-state index contributed by atoms with van der Waals surface area (Å²) in [7, 11) is 0. The minimum atomic E-state index is -0.167. The maximum atomic E-state index is 13.3. The fraction of sp³-hybridized carbons (Fsp3) is 0.321. The number of thiazole rings is 1. The van der Waals surface area contributed by atoms with Gasteiger partial charge in [0.2, 0.25) is 5.91 Å². The number of fused-ring (bicyclic) bond motifs is 1. The number of H-pyrrole nitrogens is 1. The number of carbonyl (C=O) groups is 2. The number of hydrogen-bond donors (Lipinski definition) is 2. The highest BCUT2D eigenvalue weighted by atomic mass is 32.1. The Morgan fingerprint density at radius 3 is 2.75 bits per heavy atom. The van der Waals surface area contributed by atoms with Crippen molar-refractivity contribution in [2.45, 2.75) is 39.0 Å². The van der Waals surface area contributed by atoms with Gasteiger partial charge in [-0.05, 0) is 49.9 Å². The second-order valence-electron chi connectivity index (χ2n) is 9.28. The van der Waals surface area contributed by atoms with Crippen molar-refractivity contribution in [3.05, 3.63) is 75.9 Å². The third kappa shape index (κ3) is 4.73. The van der Waals surface area contributed by atoms with Crippen LogP contribution in [-0.4, -0.2) is 51.4 Å². The molecular formula is C28H30N4O3S. The van der Waals surface area contributed by atoms with Gasteiger partial charge in [0.15, 0.2) is 0 Å². The van der Waals surface area contributed by atoms with E-state index in [1.54, 1.807) is 23.1 Å². The predicted molar refractivity (Wildman–Crippen MR) is 143 cm³/mol. The molecule has 5 rings (SSSR count). The SMILES string of the molecule is CCN(C(=O)c1csc(C2CCN(C(=O)Cc3c[nH]c4ccccc34)CC2)n1)c1cc(O)ccc1C. The summed E-state index contributed by atoms with van der Waals surface area (Å²) in [5, 5.41) is 13.8. The minimum absolute atomic E-state index is 0.131. The maximum absolute atomic E-state index is 13.3. The predicted octanol–water partition coefficient (Wildman–Crippen LogP) is 5.25. The Kier molecular flexibility index (Phi) is 6.78. The number of hydrogen-bond acceptors (Lipinski definition) is 5. The van der Waals surface area contributed by atoms with E-state index in [9.17, 15) is 14.7 Å². The number of nitrogens with zero attached hydrogens (tertiary/aromatic N) is 3. The fourth-order valence-electron chi connectivity index (χ4n) is 4.95. The summed E-state index contributed by atoms with van der Waals surface area (Å²) in [5.41, 5.74) is 4.12. The number of nitrogens with one attached hydrogen (secondary N) is 1. The molecule has 0 aliphatic carbocycles. The first kappa shape index (κ1) is 24.1. The molecule has 7 nitrogen and oxygen atoms in total. The largest absolute Gasteiger partial charge is 0.508 e. The number of aromatic amines is 1. The van der Waals surface area contributed by atoms with Crippen molar-refractivity contribution in [1.82, 2.24) is 14.9 Å². The lowest BCUT2D eigenvalue weighted by atomic mass is 9.97. The lowest BCUT2D eigenvalue weighted by Gasteiger charge is -2.31. The van der Waals surface area contributed by atoms with Gasteiger partial charge in [0.25, 0.3) is 5.91 Å². The highest BCUT2D eigenvalue weighted by Crippen LogP contribution is 2.32. The van der Waals surface area contributed by atoms with Crippen molar-refractivity contribution in [1.29, 1.82) is 0 Å². The number of likely N-dealkylation sites (tertiary alicyclic amines) is 1. The number of phenolic OH excluding ortho intramolecular Hbond substituents is 1. The zero-order valence-corrected chi connectivity index (χ0v) is 21.3. The van der Waals surface area contributed by atoms with Gasteiger partial charge in [0, 0.05) is 54.1 Å². The van der Waals surface area contributed by atoms with E-state index in [-0.39, 0.29) is 23.5 Å². The molecular weight excluding hydrogens is 472 g/mol. The highest BCUT2D eigenvalue weighted by molar-refractivity contribution is 7.10. The molecule has 0 unspecified atom stereocenters. The van der Waals surface area contributed by atoms with Gasteiger partial charge < -0.3 is 19.9 Å². The molecule has 2 amide bonds. The summed E-state index contributed by atoms with van der Waals surface area (Å²) in [4.78, 5) is 37.8. The Bertz CT molecular complexity index is 1400. The van der Waals surface area contributed by atoms with Crippen LogP contribution in [0.5, 0.6) is 5.75 Å². The number of phenols is 1. The molecule has 0 spiro atoms. The molecule has 0 saturated carbocycles. The lowest BCUT2D eigenvalue weighted by Crippen LogP contribution is -2.38. The van der Waals surface area contributed by atoms with Crippen molar-refractivity contribution >= 4 is 39.7 Å². The van der Waals surface area contributed by atoms with Gasteiger partial charge in [0.1, 0.15) is 11.4 Å². The van der Waals surface area contributed by atoms with Gasteiger partial charge in [-0.2, -0.15) is 0 Å². The van der Waals surface area contributed by atoms with E-state index in [1.807, 2.05) is 54.6 Å². The van der Waals surface area contributed by atoms with Gasteiger partial charge >= 0.3 is 0 Å². The molecule has 4 aromatic rings. The van der Waals surface area contributed by atoms with Crippen LogP contribution in [0.1, 0.15) is 52.3 Å². The van der Waals surface area contributed by atoms with Crippen LogP contribution in [0.25, 0.3) is 10.9 Å². The average molecular weight is 503 g/mol. The van der Waals surface area contributed by atoms with Crippen molar-refractivity contribution in [3.63, 3.8) is 0 Å². The summed E-state index contributed by atoms with van der Waals surface area (Å²) in [5.74, 6) is 0.353. The van der Waals surface area contributed by atoms with Crippen LogP contribution in [0.4, 0.5) is 5.69 Å².